The first-order valence-electron chi connectivity index (χ1n) is 7.71. The van der Waals surface area contributed by atoms with Crippen LogP contribution in [0.3, 0.4) is 0 Å². The zero-order valence-corrected chi connectivity index (χ0v) is 13.3. The second-order valence-corrected chi connectivity index (χ2v) is 6.64. The fraction of sp³-hybridized carbons (Fsp3) is 1.00. The van der Waals surface area contributed by atoms with Crippen LogP contribution in [0.25, 0.3) is 0 Å². The van der Waals surface area contributed by atoms with Crippen molar-refractivity contribution in [1.82, 2.24) is 9.80 Å². The van der Waals surface area contributed by atoms with Crippen LogP contribution in [0.5, 0.6) is 0 Å². The number of piperazine rings is 1. The second kappa shape index (κ2) is 8.20. The molecule has 4 heteroatoms. The van der Waals surface area contributed by atoms with Gasteiger partial charge in [-0.3, -0.25) is 9.80 Å². The van der Waals surface area contributed by atoms with Gasteiger partial charge in [-0.1, -0.05) is 13.8 Å². The predicted molar refractivity (Wildman–Crippen MR) is 81.4 cm³/mol. The molecule has 1 rings (SSSR count). The van der Waals surface area contributed by atoms with Crippen molar-refractivity contribution in [2.75, 3.05) is 52.5 Å². The molecular weight excluding hydrogens is 238 g/mol. The first-order chi connectivity index (χ1) is 8.95. The van der Waals surface area contributed by atoms with Gasteiger partial charge in [0.25, 0.3) is 0 Å². The molecule has 2 N–H and O–H groups in total. The Kier molecular flexibility index (Phi) is 7.29. The normalized spacial score (nSPS) is 19.3. The highest BCUT2D eigenvalue weighted by Gasteiger charge is 2.28. The summed E-state index contributed by atoms with van der Waals surface area (Å²) in [6, 6.07) is 0. The van der Waals surface area contributed by atoms with Crippen LogP contribution in [0.15, 0.2) is 0 Å². The van der Waals surface area contributed by atoms with Gasteiger partial charge in [-0.15, -0.1) is 0 Å². The van der Waals surface area contributed by atoms with E-state index in [0.717, 1.165) is 58.4 Å². The van der Waals surface area contributed by atoms with Crippen molar-refractivity contribution in [1.29, 1.82) is 0 Å². The van der Waals surface area contributed by atoms with Gasteiger partial charge in [-0.25, -0.2) is 0 Å². The smallest absolute Gasteiger partial charge is 0.0593 e. The quantitative estimate of drug-likeness (QED) is 0.678. The summed E-state index contributed by atoms with van der Waals surface area (Å²) in [5.74, 6) is 0.738. The van der Waals surface area contributed by atoms with E-state index < -0.39 is 0 Å². The topological polar surface area (TPSA) is 41.7 Å². The molecule has 1 aliphatic rings. The third-order valence-electron chi connectivity index (χ3n) is 4.12. The Morgan fingerprint density at radius 1 is 1.11 bits per heavy atom. The van der Waals surface area contributed by atoms with E-state index in [1.54, 1.807) is 0 Å². The summed E-state index contributed by atoms with van der Waals surface area (Å²) in [5.41, 5.74) is 5.97. The molecule has 0 aliphatic carbocycles. The summed E-state index contributed by atoms with van der Waals surface area (Å²) in [6.45, 7) is 17.0. The summed E-state index contributed by atoms with van der Waals surface area (Å²) in [5, 5.41) is 0. The Morgan fingerprint density at radius 2 is 1.74 bits per heavy atom. The van der Waals surface area contributed by atoms with Gasteiger partial charge in [0.05, 0.1) is 6.61 Å². The van der Waals surface area contributed by atoms with E-state index in [-0.39, 0.29) is 5.54 Å². The summed E-state index contributed by atoms with van der Waals surface area (Å²) < 4.78 is 5.69. The van der Waals surface area contributed by atoms with Gasteiger partial charge in [-0.2, -0.15) is 0 Å². The monoisotopic (exact) mass is 271 g/mol. The zero-order valence-electron chi connectivity index (χ0n) is 13.3. The average Bonchev–Trinajstić information content (AvgIpc) is 2.38. The molecule has 0 aromatic rings. The molecule has 0 bridgehead atoms. The third kappa shape index (κ3) is 6.21. The molecule has 0 unspecified atom stereocenters. The van der Waals surface area contributed by atoms with Crippen LogP contribution < -0.4 is 5.73 Å². The number of hydrogen-bond donors (Lipinski definition) is 1. The van der Waals surface area contributed by atoms with Gasteiger partial charge in [0.1, 0.15) is 0 Å². The van der Waals surface area contributed by atoms with Crippen molar-refractivity contribution in [3.63, 3.8) is 0 Å². The molecule has 0 spiro atoms. The van der Waals surface area contributed by atoms with Crippen LogP contribution in [0.1, 0.15) is 34.1 Å². The minimum atomic E-state index is 0.139. The lowest BCUT2D eigenvalue weighted by molar-refractivity contribution is 0.0367. The Morgan fingerprint density at radius 3 is 2.26 bits per heavy atom. The molecule has 0 aromatic carbocycles. The van der Waals surface area contributed by atoms with Crippen molar-refractivity contribution >= 4 is 0 Å². The minimum absolute atomic E-state index is 0.139. The largest absolute Gasteiger partial charge is 0.380 e. The van der Waals surface area contributed by atoms with Crippen LogP contribution >= 0.6 is 0 Å². The molecule has 0 radical (unpaired) electrons. The van der Waals surface area contributed by atoms with Gasteiger partial charge < -0.3 is 10.5 Å². The first kappa shape index (κ1) is 16.9. The van der Waals surface area contributed by atoms with E-state index >= 15 is 0 Å². The number of rotatable bonds is 8. The SMILES string of the molecule is CC(C)CCOCCN1CCN(C(C)(C)CN)CC1. The van der Waals surface area contributed by atoms with E-state index in [4.69, 9.17) is 10.5 Å². The van der Waals surface area contributed by atoms with Crippen molar-refractivity contribution in [2.24, 2.45) is 11.7 Å². The molecule has 19 heavy (non-hydrogen) atoms. The molecule has 4 nitrogen and oxygen atoms in total. The minimum Gasteiger partial charge on any atom is -0.380 e. The standard InChI is InChI=1S/C15H33N3O/c1-14(2)5-11-19-12-10-17-6-8-18(9-7-17)15(3,4)13-16/h14H,5-13,16H2,1-4H3. The van der Waals surface area contributed by atoms with Gasteiger partial charge >= 0.3 is 0 Å². The van der Waals surface area contributed by atoms with Gasteiger partial charge in [0.2, 0.25) is 0 Å². The molecule has 0 aromatic heterocycles. The fourth-order valence-electron chi connectivity index (χ4n) is 2.32. The molecule has 0 saturated carbocycles. The van der Waals surface area contributed by atoms with Crippen LogP contribution in [0.4, 0.5) is 0 Å². The lowest BCUT2D eigenvalue weighted by Gasteiger charge is -2.43. The summed E-state index contributed by atoms with van der Waals surface area (Å²) in [6.07, 6.45) is 1.17. The Bertz CT molecular complexity index is 236. The number of nitrogens with zero attached hydrogens (tertiary/aromatic N) is 2. The van der Waals surface area contributed by atoms with Crippen LogP contribution in [-0.2, 0) is 4.74 Å². The van der Waals surface area contributed by atoms with E-state index in [0.29, 0.717) is 0 Å². The van der Waals surface area contributed by atoms with Gasteiger partial charge in [0, 0.05) is 51.4 Å². The summed E-state index contributed by atoms with van der Waals surface area (Å²) >= 11 is 0. The number of ether oxygens (including phenoxy) is 1. The van der Waals surface area contributed by atoms with Crippen molar-refractivity contribution in [2.45, 2.75) is 39.7 Å². The van der Waals surface area contributed by atoms with E-state index in [9.17, 15) is 0 Å². The van der Waals surface area contributed by atoms with Crippen molar-refractivity contribution < 1.29 is 4.74 Å². The van der Waals surface area contributed by atoms with Gasteiger partial charge in [0.15, 0.2) is 0 Å². The van der Waals surface area contributed by atoms with Crippen LogP contribution in [-0.4, -0.2) is 67.8 Å². The molecule has 1 aliphatic heterocycles. The highest BCUT2D eigenvalue weighted by Crippen LogP contribution is 2.15. The number of nitrogens with two attached hydrogens (primary N) is 1. The Balaban J connectivity index is 2.10. The van der Waals surface area contributed by atoms with E-state index in [2.05, 4.69) is 37.5 Å². The van der Waals surface area contributed by atoms with Crippen molar-refractivity contribution in [3.05, 3.63) is 0 Å². The highest BCUT2D eigenvalue weighted by atomic mass is 16.5. The lowest BCUT2D eigenvalue weighted by Crippen LogP contribution is -2.57. The van der Waals surface area contributed by atoms with E-state index in [1.165, 1.54) is 6.42 Å². The molecule has 0 amide bonds. The van der Waals surface area contributed by atoms with E-state index in [1.807, 2.05) is 0 Å². The maximum Gasteiger partial charge on any atom is 0.0593 e. The fourth-order valence-corrected chi connectivity index (χ4v) is 2.32. The molecule has 1 heterocycles. The maximum absolute atomic E-state index is 5.83. The van der Waals surface area contributed by atoms with Crippen LogP contribution in [0.2, 0.25) is 0 Å². The maximum atomic E-state index is 5.83. The first-order valence-corrected chi connectivity index (χ1v) is 7.71. The number of hydrogen-bond acceptors (Lipinski definition) is 4. The van der Waals surface area contributed by atoms with Gasteiger partial charge in [-0.05, 0) is 26.2 Å². The zero-order chi connectivity index (χ0) is 14.3. The Labute approximate surface area is 119 Å². The molecule has 1 fully saturated rings. The third-order valence-corrected chi connectivity index (χ3v) is 4.12. The summed E-state index contributed by atoms with van der Waals surface area (Å²) in [4.78, 5) is 5.00. The average molecular weight is 271 g/mol. The lowest BCUT2D eigenvalue weighted by atomic mass is 10.0. The molecule has 1 saturated heterocycles. The highest BCUT2D eigenvalue weighted by molar-refractivity contribution is 4.86. The molecule has 114 valence electrons. The second-order valence-electron chi connectivity index (χ2n) is 6.64. The summed E-state index contributed by atoms with van der Waals surface area (Å²) in [7, 11) is 0. The predicted octanol–water partition coefficient (Wildman–Crippen LogP) is 1.40. The molecular formula is C15H33N3O. The van der Waals surface area contributed by atoms with Crippen molar-refractivity contribution in [3.8, 4) is 0 Å². The molecule has 0 atom stereocenters. The van der Waals surface area contributed by atoms with Crippen LogP contribution in [0, 0.1) is 5.92 Å². The Hall–Kier alpha value is -0.160.